The van der Waals surface area contributed by atoms with Crippen molar-refractivity contribution in [3.05, 3.63) is 33.7 Å². The topological polar surface area (TPSA) is 22.0 Å². The number of hydrogen-bond acceptors (Lipinski definition) is 1. The number of aryl methyl sites for hydroxylation is 2. The number of rotatable bonds is 2. The van der Waals surface area contributed by atoms with Crippen LogP contribution in [0.1, 0.15) is 25.2 Å². The third kappa shape index (κ3) is 1.58. The average molecular weight is 165 g/mol. The Hall–Kier alpha value is -1.05. The lowest BCUT2D eigenvalue weighted by Gasteiger charge is -2.10. The molecule has 0 saturated carbocycles. The molecule has 0 spiro atoms. The molecule has 12 heavy (non-hydrogen) atoms. The van der Waals surface area contributed by atoms with Crippen molar-refractivity contribution in [1.29, 1.82) is 0 Å². The second kappa shape index (κ2) is 3.57. The van der Waals surface area contributed by atoms with Gasteiger partial charge in [-0.1, -0.05) is 13.8 Å². The molecule has 1 aromatic rings. The van der Waals surface area contributed by atoms with Gasteiger partial charge in [0, 0.05) is 30.6 Å². The fourth-order valence-electron chi connectivity index (χ4n) is 1.43. The fraction of sp³-hybridized carbons (Fsp3) is 0.500. The molecule has 0 saturated heterocycles. The van der Waals surface area contributed by atoms with E-state index < -0.39 is 0 Å². The number of nitrogens with zero attached hydrogens (tertiary/aromatic N) is 1. The molecule has 0 aliphatic rings. The van der Waals surface area contributed by atoms with Gasteiger partial charge in [0.2, 0.25) is 0 Å². The molecule has 0 aromatic carbocycles. The average Bonchev–Trinajstić information content (AvgIpc) is 2.08. The molecule has 0 N–H and O–H groups in total. The van der Waals surface area contributed by atoms with E-state index in [1.807, 2.05) is 7.05 Å². The molecule has 1 rings (SSSR count). The molecule has 0 unspecified atom stereocenters. The molecule has 0 amide bonds. The van der Waals surface area contributed by atoms with Gasteiger partial charge in [-0.15, -0.1) is 0 Å². The Morgan fingerprint density at radius 2 is 1.58 bits per heavy atom. The van der Waals surface area contributed by atoms with Crippen LogP contribution in [0.3, 0.4) is 0 Å². The third-order valence-electron chi connectivity index (χ3n) is 2.20. The second-order valence-corrected chi connectivity index (χ2v) is 2.94. The van der Waals surface area contributed by atoms with Crippen LogP contribution in [0, 0.1) is 0 Å². The highest BCUT2D eigenvalue weighted by atomic mass is 16.1. The quantitative estimate of drug-likeness (QED) is 0.651. The summed E-state index contributed by atoms with van der Waals surface area (Å²) < 4.78 is 2.10. The van der Waals surface area contributed by atoms with E-state index in [1.165, 1.54) is 0 Å². The van der Waals surface area contributed by atoms with E-state index in [1.54, 1.807) is 12.1 Å². The molecule has 1 aromatic heterocycles. The van der Waals surface area contributed by atoms with Crippen LogP contribution in [0.25, 0.3) is 0 Å². The van der Waals surface area contributed by atoms with Crippen LogP contribution in [0.5, 0.6) is 0 Å². The Labute approximate surface area is 72.8 Å². The maximum Gasteiger partial charge on any atom is 0.182 e. The molecule has 0 aliphatic heterocycles. The minimum Gasteiger partial charge on any atom is -0.351 e. The summed E-state index contributed by atoms with van der Waals surface area (Å²) in [7, 11) is 2.01. The zero-order valence-electron chi connectivity index (χ0n) is 7.92. The van der Waals surface area contributed by atoms with Crippen LogP contribution in [-0.4, -0.2) is 4.57 Å². The van der Waals surface area contributed by atoms with Crippen molar-refractivity contribution in [3.63, 3.8) is 0 Å². The van der Waals surface area contributed by atoms with Gasteiger partial charge in [0.1, 0.15) is 0 Å². The Morgan fingerprint density at radius 3 is 1.92 bits per heavy atom. The highest BCUT2D eigenvalue weighted by Crippen LogP contribution is 2.02. The van der Waals surface area contributed by atoms with E-state index in [9.17, 15) is 4.79 Å². The first-order chi connectivity index (χ1) is 5.69. The second-order valence-electron chi connectivity index (χ2n) is 2.94. The van der Waals surface area contributed by atoms with Crippen molar-refractivity contribution in [1.82, 2.24) is 4.57 Å². The molecular formula is C10H15NO. The summed E-state index contributed by atoms with van der Waals surface area (Å²) in [5, 5.41) is 0. The third-order valence-corrected chi connectivity index (χ3v) is 2.20. The van der Waals surface area contributed by atoms with Gasteiger partial charge in [-0.25, -0.2) is 0 Å². The van der Waals surface area contributed by atoms with E-state index in [-0.39, 0.29) is 5.43 Å². The van der Waals surface area contributed by atoms with E-state index >= 15 is 0 Å². The van der Waals surface area contributed by atoms with Gasteiger partial charge in [0.05, 0.1) is 0 Å². The number of aromatic nitrogens is 1. The summed E-state index contributed by atoms with van der Waals surface area (Å²) in [6, 6.07) is 3.42. The fourth-order valence-corrected chi connectivity index (χ4v) is 1.43. The first-order valence-electron chi connectivity index (χ1n) is 4.37. The first kappa shape index (κ1) is 9.04. The van der Waals surface area contributed by atoms with Gasteiger partial charge in [0.25, 0.3) is 0 Å². The maximum atomic E-state index is 11.2. The molecule has 0 bridgehead atoms. The number of hydrogen-bond donors (Lipinski definition) is 0. The van der Waals surface area contributed by atoms with Crippen LogP contribution in [0.2, 0.25) is 0 Å². The normalized spacial score (nSPS) is 10.2. The molecule has 0 atom stereocenters. The standard InChI is InChI=1S/C10H15NO/c1-4-8-6-10(12)7-9(5-2)11(8)3/h6-7H,4-5H2,1-3H3. The Bertz CT molecular complexity index is 297. The van der Waals surface area contributed by atoms with Crippen molar-refractivity contribution in [2.45, 2.75) is 26.7 Å². The van der Waals surface area contributed by atoms with Crippen molar-refractivity contribution >= 4 is 0 Å². The Balaban J connectivity index is 3.32. The van der Waals surface area contributed by atoms with Gasteiger partial charge in [-0.2, -0.15) is 0 Å². The molecule has 2 nitrogen and oxygen atoms in total. The van der Waals surface area contributed by atoms with Crippen LogP contribution in [-0.2, 0) is 19.9 Å². The van der Waals surface area contributed by atoms with E-state index in [0.29, 0.717) is 0 Å². The lowest BCUT2D eigenvalue weighted by Crippen LogP contribution is -2.13. The van der Waals surface area contributed by atoms with Crippen LogP contribution < -0.4 is 5.43 Å². The van der Waals surface area contributed by atoms with E-state index in [4.69, 9.17) is 0 Å². The van der Waals surface area contributed by atoms with Crippen LogP contribution in [0.4, 0.5) is 0 Å². The lowest BCUT2D eigenvalue weighted by atomic mass is 10.2. The van der Waals surface area contributed by atoms with Gasteiger partial charge in [0.15, 0.2) is 5.43 Å². The number of pyridine rings is 1. The monoisotopic (exact) mass is 165 g/mol. The minimum atomic E-state index is 0.127. The largest absolute Gasteiger partial charge is 0.351 e. The van der Waals surface area contributed by atoms with Crippen molar-refractivity contribution in [2.24, 2.45) is 7.05 Å². The smallest absolute Gasteiger partial charge is 0.182 e. The van der Waals surface area contributed by atoms with Gasteiger partial charge >= 0.3 is 0 Å². The molecule has 0 radical (unpaired) electrons. The lowest BCUT2D eigenvalue weighted by molar-refractivity contribution is 0.751. The summed E-state index contributed by atoms with van der Waals surface area (Å²) in [5.74, 6) is 0. The van der Waals surface area contributed by atoms with Crippen molar-refractivity contribution < 1.29 is 0 Å². The Morgan fingerprint density at radius 1 is 1.17 bits per heavy atom. The minimum absolute atomic E-state index is 0.127. The SMILES string of the molecule is CCc1cc(=O)cc(CC)n1C. The Kier molecular flexibility index (Phi) is 2.69. The highest BCUT2D eigenvalue weighted by Gasteiger charge is 2.00. The summed E-state index contributed by atoms with van der Waals surface area (Å²) in [4.78, 5) is 11.2. The molecule has 66 valence electrons. The maximum absolute atomic E-state index is 11.2. The van der Waals surface area contributed by atoms with Crippen LogP contribution in [0.15, 0.2) is 16.9 Å². The van der Waals surface area contributed by atoms with Gasteiger partial charge < -0.3 is 4.57 Å². The highest BCUT2D eigenvalue weighted by molar-refractivity contribution is 5.14. The van der Waals surface area contributed by atoms with Gasteiger partial charge in [-0.05, 0) is 12.8 Å². The predicted molar refractivity (Wildman–Crippen MR) is 50.4 cm³/mol. The zero-order valence-corrected chi connectivity index (χ0v) is 7.92. The zero-order chi connectivity index (χ0) is 9.14. The van der Waals surface area contributed by atoms with E-state index in [0.717, 1.165) is 24.2 Å². The van der Waals surface area contributed by atoms with Crippen LogP contribution >= 0.6 is 0 Å². The van der Waals surface area contributed by atoms with Crippen molar-refractivity contribution in [2.75, 3.05) is 0 Å². The molecule has 2 heteroatoms. The summed E-state index contributed by atoms with van der Waals surface area (Å²) >= 11 is 0. The van der Waals surface area contributed by atoms with E-state index in [2.05, 4.69) is 18.4 Å². The summed E-state index contributed by atoms with van der Waals surface area (Å²) in [5.41, 5.74) is 2.35. The first-order valence-corrected chi connectivity index (χ1v) is 4.37. The molecule has 1 heterocycles. The molecule has 0 fully saturated rings. The predicted octanol–water partition coefficient (Wildman–Crippen LogP) is 1.51. The molecule has 0 aliphatic carbocycles. The summed E-state index contributed by atoms with van der Waals surface area (Å²) in [6.07, 6.45) is 1.83. The van der Waals surface area contributed by atoms with Crippen molar-refractivity contribution in [3.8, 4) is 0 Å². The van der Waals surface area contributed by atoms with Gasteiger partial charge in [-0.3, -0.25) is 4.79 Å². The summed E-state index contributed by atoms with van der Waals surface area (Å²) in [6.45, 7) is 4.13. The molecular weight excluding hydrogens is 150 g/mol.